The number of hydrogen-bond acceptors (Lipinski definition) is 0. The molecule has 0 saturated heterocycles. The number of allylic oxidation sites excluding steroid dienone is 1. The van der Waals surface area contributed by atoms with Gasteiger partial charge in [0.25, 0.3) is 0 Å². The third-order valence-corrected chi connectivity index (χ3v) is 6.25. The van der Waals surface area contributed by atoms with Gasteiger partial charge in [-0.1, -0.05) is 0 Å². The zero-order valence-corrected chi connectivity index (χ0v) is 17.7. The molecular weight excluding hydrogens is 466 g/mol. The van der Waals surface area contributed by atoms with E-state index in [2.05, 4.69) is 63.2 Å². The Kier molecular flexibility index (Phi) is 6.46. The quantitative estimate of drug-likeness (QED) is 0.463. The van der Waals surface area contributed by atoms with Crippen LogP contribution in [-0.2, 0) is 24.4 Å². The van der Waals surface area contributed by atoms with Crippen molar-refractivity contribution in [2.45, 2.75) is 24.4 Å². The Balaban J connectivity index is 0.00000110. The summed E-state index contributed by atoms with van der Waals surface area (Å²) in [5, 5.41) is 0. The molecule has 2 aromatic carbocycles. The number of aryl methyl sites for hydroxylation is 3. The summed E-state index contributed by atoms with van der Waals surface area (Å²) >= 11 is 1.17. The van der Waals surface area contributed by atoms with Crippen LogP contribution in [0.3, 0.4) is 0 Å². The van der Waals surface area contributed by atoms with Gasteiger partial charge in [0, 0.05) is 0 Å². The zero-order valence-electron chi connectivity index (χ0n) is 12.4. The van der Waals surface area contributed by atoms with E-state index in [-0.39, 0.29) is 24.8 Å². The molecule has 109 valence electrons. The monoisotopic (exact) mass is 485 g/mol. The largest absolute Gasteiger partial charge is 0.147 e. The predicted octanol–water partition coefficient (Wildman–Crippen LogP) is 5.60. The van der Waals surface area contributed by atoms with Gasteiger partial charge in [-0.05, 0) is 0 Å². The average molecular weight is 485 g/mol. The predicted molar refractivity (Wildman–Crippen MR) is 92.2 cm³/mol. The zero-order chi connectivity index (χ0) is 13.6. The molecule has 0 spiro atoms. The molecule has 1 aliphatic carbocycles. The van der Waals surface area contributed by atoms with Crippen molar-refractivity contribution in [1.82, 2.24) is 0 Å². The smallest absolute Gasteiger partial charge is 0.147 e. The molecule has 0 amide bonds. The van der Waals surface area contributed by atoms with Crippen molar-refractivity contribution in [3.63, 3.8) is 0 Å². The van der Waals surface area contributed by atoms with E-state index in [0.29, 0.717) is 3.67 Å². The number of benzene rings is 2. The second-order valence-electron chi connectivity index (χ2n) is 5.46. The maximum absolute atomic E-state index is 2.39. The summed E-state index contributed by atoms with van der Waals surface area (Å²) in [4.78, 5) is 0. The van der Waals surface area contributed by atoms with Crippen molar-refractivity contribution in [2.75, 3.05) is 0 Å². The summed E-state index contributed by atoms with van der Waals surface area (Å²) in [5.41, 5.74) is 10.00. The van der Waals surface area contributed by atoms with Crippen LogP contribution in [0.4, 0.5) is 0 Å². The fraction of sp³-hybridized carbons (Fsp3) is 0.222. The van der Waals surface area contributed by atoms with Crippen LogP contribution in [0, 0.1) is 20.8 Å². The van der Waals surface area contributed by atoms with E-state index in [1.807, 2.05) is 0 Å². The van der Waals surface area contributed by atoms with E-state index in [1.54, 1.807) is 0 Å². The fourth-order valence-corrected chi connectivity index (χ4v) is 4.45. The molecule has 3 heteroatoms. The molecule has 0 aromatic heterocycles. The van der Waals surface area contributed by atoms with Gasteiger partial charge >= 0.3 is 130 Å². The summed E-state index contributed by atoms with van der Waals surface area (Å²) < 4.78 is 0.636. The van der Waals surface area contributed by atoms with Gasteiger partial charge in [0.15, 0.2) is 0 Å². The molecule has 0 heterocycles. The Labute approximate surface area is 154 Å². The first-order valence-electron chi connectivity index (χ1n) is 6.67. The van der Waals surface area contributed by atoms with E-state index in [4.69, 9.17) is 0 Å². The van der Waals surface area contributed by atoms with Crippen LogP contribution >= 0.6 is 24.8 Å². The topological polar surface area (TPSA) is 0 Å². The second-order valence-corrected chi connectivity index (χ2v) is 7.54. The maximum Gasteiger partial charge on any atom is -0.147 e. The molecule has 0 nitrogen and oxygen atoms in total. The first kappa shape index (κ1) is 18.7. The van der Waals surface area contributed by atoms with Gasteiger partial charge in [0.05, 0.1) is 0 Å². The van der Waals surface area contributed by atoms with Crippen LogP contribution in [0.15, 0.2) is 36.4 Å². The minimum atomic E-state index is 0. The first-order valence-corrected chi connectivity index (χ1v) is 8.74. The van der Waals surface area contributed by atoms with E-state index >= 15 is 0 Å². The van der Waals surface area contributed by atoms with Crippen molar-refractivity contribution in [3.05, 3.63) is 69.8 Å². The van der Waals surface area contributed by atoms with Crippen molar-refractivity contribution in [3.8, 4) is 0 Å². The number of rotatable bonds is 1. The van der Waals surface area contributed by atoms with Crippen LogP contribution in [0.5, 0.6) is 0 Å². The number of hydrogen-bond donors (Lipinski definition) is 0. The third-order valence-electron chi connectivity index (χ3n) is 4.02. The molecule has 2 aromatic rings. The van der Waals surface area contributed by atoms with Crippen molar-refractivity contribution < 1.29 is 24.4 Å². The Morgan fingerprint density at radius 1 is 0.857 bits per heavy atom. The Bertz CT molecular complexity index is 672. The minimum absolute atomic E-state index is 0. The van der Waals surface area contributed by atoms with Crippen LogP contribution in [0.1, 0.15) is 37.1 Å². The van der Waals surface area contributed by atoms with E-state index < -0.39 is 0 Å². The minimum Gasteiger partial charge on any atom is -0.147 e. The van der Waals surface area contributed by atoms with Gasteiger partial charge in [-0.25, -0.2) is 0 Å². The average Bonchev–Trinajstić information content (AvgIpc) is 2.69. The molecular formula is C18H19Cl2Hf. The normalized spacial score (nSPS) is 15.5. The fourth-order valence-electron chi connectivity index (χ4n) is 2.65. The van der Waals surface area contributed by atoms with Gasteiger partial charge in [0.1, 0.15) is 0 Å². The van der Waals surface area contributed by atoms with Gasteiger partial charge in [-0.2, -0.15) is 0 Å². The molecule has 0 saturated carbocycles. The number of halogens is 2. The van der Waals surface area contributed by atoms with Crippen molar-refractivity contribution in [1.29, 1.82) is 0 Å². The van der Waals surface area contributed by atoms with Gasteiger partial charge < -0.3 is 0 Å². The van der Waals surface area contributed by atoms with Crippen molar-refractivity contribution >= 4 is 36.5 Å². The van der Waals surface area contributed by atoms with Crippen molar-refractivity contribution in [2.24, 2.45) is 0 Å². The SMILES string of the molecule is Cc1ccc(C2=Cc3cc(C)c(C)cc3[C@@H]2[Hf])cc1.Cl.Cl. The van der Waals surface area contributed by atoms with Crippen LogP contribution in [-0.4, -0.2) is 0 Å². The molecule has 1 aliphatic rings. The molecule has 21 heavy (non-hydrogen) atoms. The summed E-state index contributed by atoms with van der Waals surface area (Å²) in [6.45, 7) is 6.57. The summed E-state index contributed by atoms with van der Waals surface area (Å²) in [7, 11) is 0. The Hall–Kier alpha value is -0.370. The maximum atomic E-state index is 2.39. The molecule has 0 N–H and O–H groups in total. The molecule has 0 bridgehead atoms. The summed E-state index contributed by atoms with van der Waals surface area (Å²) in [6.07, 6.45) is 2.39. The van der Waals surface area contributed by atoms with Crippen LogP contribution < -0.4 is 0 Å². The van der Waals surface area contributed by atoms with E-state index in [0.717, 1.165) is 0 Å². The number of fused-ring (bicyclic) bond motifs is 1. The van der Waals surface area contributed by atoms with Crippen LogP contribution in [0.25, 0.3) is 11.6 Å². The third kappa shape index (κ3) is 3.52. The van der Waals surface area contributed by atoms with Gasteiger partial charge in [-0.3, -0.25) is 0 Å². The van der Waals surface area contributed by atoms with E-state index in [9.17, 15) is 0 Å². The molecule has 3 rings (SSSR count). The molecule has 1 atom stereocenters. The summed E-state index contributed by atoms with van der Waals surface area (Å²) in [6, 6.07) is 13.7. The van der Waals surface area contributed by atoms with Gasteiger partial charge in [-0.15, -0.1) is 24.8 Å². The molecule has 0 unspecified atom stereocenters. The molecule has 0 radical (unpaired) electrons. The first-order chi connectivity index (χ1) is 9.06. The second kappa shape index (κ2) is 7.26. The van der Waals surface area contributed by atoms with Crippen LogP contribution in [0.2, 0.25) is 0 Å². The summed E-state index contributed by atoms with van der Waals surface area (Å²) in [5.74, 6) is 0. The standard InChI is InChI=1S/C18H17.2ClH.Hf/c1-12-4-6-15(7-5-12)18-10-16-8-13(2)14(3)9-17(16)11-18;;;/h4-11H,1-3H3;2*1H;. The Morgan fingerprint density at radius 3 is 2.05 bits per heavy atom. The van der Waals surface area contributed by atoms with Gasteiger partial charge in [0.2, 0.25) is 0 Å². The molecule has 0 fully saturated rings. The Morgan fingerprint density at radius 2 is 1.43 bits per heavy atom. The van der Waals surface area contributed by atoms with E-state index in [1.165, 1.54) is 63.3 Å². The molecule has 0 aliphatic heterocycles.